The maximum absolute atomic E-state index is 13.3. The number of hydrogen-bond donors (Lipinski definition) is 0. The summed E-state index contributed by atoms with van der Waals surface area (Å²) in [6.07, 6.45) is 2.17. The van der Waals surface area contributed by atoms with E-state index >= 15 is 0 Å². The summed E-state index contributed by atoms with van der Waals surface area (Å²) in [6, 6.07) is 13.4. The summed E-state index contributed by atoms with van der Waals surface area (Å²) in [7, 11) is 3.51. The van der Waals surface area contributed by atoms with Gasteiger partial charge in [0, 0.05) is 52.0 Å². The predicted octanol–water partition coefficient (Wildman–Crippen LogP) is 2.39. The first-order chi connectivity index (χ1) is 14.9. The van der Waals surface area contributed by atoms with Crippen LogP contribution in [-0.4, -0.2) is 63.1 Å². The highest BCUT2D eigenvalue weighted by atomic mass is 19.1. The zero-order valence-corrected chi connectivity index (χ0v) is 17.5. The minimum atomic E-state index is -0.369. The van der Waals surface area contributed by atoms with Gasteiger partial charge in [-0.3, -0.25) is 19.3 Å². The SMILES string of the molecule is CN1CCN(C(=O)c2cc(-c3ccc(F)cc3)n(C)n2)CC(Cc2ccccn2)C1=O. The third kappa shape index (κ3) is 4.47. The second-order valence-corrected chi connectivity index (χ2v) is 7.78. The van der Waals surface area contributed by atoms with Crippen LogP contribution in [0.3, 0.4) is 0 Å². The van der Waals surface area contributed by atoms with Crippen molar-refractivity contribution in [1.82, 2.24) is 24.6 Å². The minimum Gasteiger partial charge on any atom is -0.344 e. The number of benzene rings is 1. The van der Waals surface area contributed by atoms with Crippen LogP contribution in [0.5, 0.6) is 0 Å². The molecule has 1 aliphatic rings. The molecule has 3 heterocycles. The molecule has 1 aliphatic heterocycles. The molecule has 1 unspecified atom stereocenters. The fourth-order valence-electron chi connectivity index (χ4n) is 3.86. The van der Waals surface area contributed by atoms with Crippen LogP contribution >= 0.6 is 0 Å². The Morgan fingerprint density at radius 3 is 2.61 bits per heavy atom. The molecule has 8 heteroatoms. The molecule has 0 bridgehead atoms. The molecular formula is C23H24FN5O2. The van der Waals surface area contributed by atoms with Crippen LogP contribution in [0.15, 0.2) is 54.7 Å². The molecule has 2 aromatic heterocycles. The van der Waals surface area contributed by atoms with E-state index in [1.165, 1.54) is 12.1 Å². The molecule has 7 nitrogen and oxygen atoms in total. The molecule has 1 atom stereocenters. The molecule has 0 radical (unpaired) electrons. The molecule has 2 amide bonds. The van der Waals surface area contributed by atoms with Crippen LogP contribution in [0.25, 0.3) is 11.3 Å². The van der Waals surface area contributed by atoms with Gasteiger partial charge in [0.05, 0.1) is 11.6 Å². The molecule has 1 aromatic carbocycles. The average Bonchev–Trinajstić information content (AvgIpc) is 3.11. The largest absolute Gasteiger partial charge is 0.344 e. The highest BCUT2D eigenvalue weighted by Gasteiger charge is 2.32. The van der Waals surface area contributed by atoms with Crippen molar-refractivity contribution in [3.05, 3.63) is 71.9 Å². The van der Waals surface area contributed by atoms with Gasteiger partial charge in [-0.2, -0.15) is 5.10 Å². The van der Waals surface area contributed by atoms with Crippen molar-refractivity contribution in [1.29, 1.82) is 0 Å². The van der Waals surface area contributed by atoms with Crippen LogP contribution in [0.2, 0.25) is 0 Å². The van der Waals surface area contributed by atoms with Crippen LogP contribution in [-0.2, 0) is 18.3 Å². The number of halogens is 1. The van der Waals surface area contributed by atoms with Gasteiger partial charge in [-0.15, -0.1) is 0 Å². The number of aromatic nitrogens is 3. The first-order valence-electron chi connectivity index (χ1n) is 10.2. The minimum absolute atomic E-state index is 0.00831. The van der Waals surface area contributed by atoms with Crippen molar-refractivity contribution in [2.24, 2.45) is 13.0 Å². The van der Waals surface area contributed by atoms with Gasteiger partial charge >= 0.3 is 0 Å². The van der Waals surface area contributed by atoms with E-state index in [0.717, 1.165) is 17.0 Å². The van der Waals surface area contributed by atoms with Crippen LogP contribution < -0.4 is 0 Å². The third-order valence-corrected chi connectivity index (χ3v) is 5.58. The molecule has 31 heavy (non-hydrogen) atoms. The quantitative estimate of drug-likeness (QED) is 0.649. The van der Waals surface area contributed by atoms with Crippen LogP contribution in [0.1, 0.15) is 16.2 Å². The monoisotopic (exact) mass is 421 g/mol. The van der Waals surface area contributed by atoms with Gasteiger partial charge in [0.15, 0.2) is 5.69 Å². The highest BCUT2D eigenvalue weighted by Crippen LogP contribution is 2.22. The van der Waals surface area contributed by atoms with Crippen LogP contribution in [0, 0.1) is 11.7 Å². The summed E-state index contributed by atoms with van der Waals surface area (Å²) in [6.45, 7) is 1.20. The van der Waals surface area contributed by atoms with Gasteiger partial charge < -0.3 is 9.80 Å². The van der Waals surface area contributed by atoms with Crippen molar-refractivity contribution in [2.75, 3.05) is 26.7 Å². The zero-order chi connectivity index (χ0) is 22.0. The summed E-state index contributed by atoms with van der Waals surface area (Å²) in [5.41, 5.74) is 2.61. The molecule has 0 N–H and O–H groups in total. The molecule has 4 rings (SSSR count). The lowest BCUT2D eigenvalue weighted by Gasteiger charge is -2.22. The smallest absolute Gasteiger partial charge is 0.274 e. The Morgan fingerprint density at radius 1 is 1.13 bits per heavy atom. The van der Waals surface area contributed by atoms with E-state index in [4.69, 9.17) is 0 Å². The van der Waals surface area contributed by atoms with Gasteiger partial charge in [-0.25, -0.2) is 4.39 Å². The van der Waals surface area contributed by atoms with Gasteiger partial charge in [-0.1, -0.05) is 6.07 Å². The first-order valence-corrected chi connectivity index (χ1v) is 10.2. The lowest BCUT2D eigenvalue weighted by atomic mass is 10.0. The summed E-state index contributed by atoms with van der Waals surface area (Å²) in [5.74, 6) is -0.904. The number of likely N-dealkylation sites (N-methyl/N-ethyl adjacent to an activating group) is 1. The van der Waals surface area contributed by atoms with E-state index in [-0.39, 0.29) is 23.5 Å². The van der Waals surface area contributed by atoms with Crippen LogP contribution in [0.4, 0.5) is 4.39 Å². The molecular weight excluding hydrogens is 397 g/mol. The van der Waals surface area contributed by atoms with Crippen molar-refractivity contribution in [3.63, 3.8) is 0 Å². The fraction of sp³-hybridized carbons (Fsp3) is 0.304. The number of hydrogen-bond acceptors (Lipinski definition) is 4. The average molecular weight is 421 g/mol. The highest BCUT2D eigenvalue weighted by molar-refractivity contribution is 5.94. The van der Waals surface area contributed by atoms with E-state index in [1.807, 2.05) is 18.2 Å². The van der Waals surface area contributed by atoms with Crippen molar-refractivity contribution < 1.29 is 14.0 Å². The lowest BCUT2D eigenvalue weighted by Crippen LogP contribution is -2.37. The molecule has 0 spiro atoms. The Kier molecular flexibility index (Phi) is 5.79. The molecule has 0 saturated carbocycles. The molecule has 1 fully saturated rings. The second-order valence-electron chi connectivity index (χ2n) is 7.78. The molecule has 3 aromatic rings. The Morgan fingerprint density at radius 2 is 1.90 bits per heavy atom. The summed E-state index contributed by atoms with van der Waals surface area (Å²) in [4.78, 5) is 33.8. The van der Waals surface area contributed by atoms with Crippen molar-refractivity contribution >= 4 is 11.8 Å². The number of carbonyl (C=O) groups is 2. The maximum Gasteiger partial charge on any atom is 0.274 e. The van der Waals surface area contributed by atoms with E-state index in [2.05, 4.69) is 10.1 Å². The Hall–Kier alpha value is -3.55. The van der Waals surface area contributed by atoms with E-state index in [9.17, 15) is 14.0 Å². The van der Waals surface area contributed by atoms with E-state index in [0.29, 0.717) is 31.7 Å². The maximum atomic E-state index is 13.3. The summed E-state index contributed by atoms with van der Waals surface area (Å²) in [5, 5.41) is 4.38. The number of rotatable bonds is 4. The Bertz CT molecular complexity index is 1080. The molecule has 1 saturated heterocycles. The third-order valence-electron chi connectivity index (χ3n) is 5.58. The van der Waals surface area contributed by atoms with E-state index < -0.39 is 0 Å². The number of amides is 2. The van der Waals surface area contributed by atoms with Gasteiger partial charge in [0.1, 0.15) is 5.82 Å². The number of nitrogens with zero attached hydrogens (tertiary/aromatic N) is 5. The Labute approximate surface area is 180 Å². The van der Waals surface area contributed by atoms with Crippen molar-refractivity contribution in [2.45, 2.75) is 6.42 Å². The standard InChI is InChI=1S/C23H24FN5O2/c1-27-11-12-29(15-17(22(27)30)13-19-5-3-4-10-25-19)23(31)20-14-21(28(2)26-20)16-6-8-18(24)9-7-16/h3-10,14,17H,11-13,15H2,1-2H3. The van der Waals surface area contributed by atoms with Crippen molar-refractivity contribution in [3.8, 4) is 11.3 Å². The lowest BCUT2D eigenvalue weighted by molar-refractivity contribution is -0.133. The number of aryl methyl sites for hydroxylation is 1. The van der Waals surface area contributed by atoms with Gasteiger partial charge in [-0.05, 0) is 48.0 Å². The number of pyridine rings is 1. The normalized spacial score (nSPS) is 17.0. The zero-order valence-electron chi connectivity index (χ0n) is 17.5. The van der Waals surface area contributed by atoms with Gasteiger partial charge in [0.2, 0.25) is 5.91 Å². The second kappa shape index (κ2) is 8.67. The van der Waals surface area contributed by atoms with Gasteiger partial charge in [0.25, 0.3) is 5.91 Å². The summed E-state index contributed by atoms with van der Waals surface area (Å²) < 4.78 is 14.9. The Balaban J connectivity index is 1.56. The molecule has 0 aliphatic carbocycles. The predicted molar refractivity (Wildman–Crippen MR) is 114 cm³/mol. The fourth-order valence-corrected chi connectivity index (χ4v) is 3.86. The summed E-state index contributed by atoms with van der Waals surface area (Å²) >= 11 is 0. The van der Waals surface area contributed by atoms with E-state index in [1.54, 1.807) is 53.0 Å². The number of carbonyl (C=O) groups excluding carboxylic acids is 2. The first kappa shape index (κ1) is 20.7. The topological polar surface area (TPSA) is 71.3 Å². The molecule has 160 valence electrons.